The third kappa shape index (κ3) is 3.47. The standard InChI is InChI=1S/C11H9Cl2NO/c1-8(5-12)7-15-11-3-2-9(6-14)4-10(11)13/h2-5H,7H2,1H3/b8-5-. The summed E-state index contributed by atoms with van der Waals surface area (Å²) in [6, 6.07) is 6.89. The van der Waals surface area contributed by atoms with Crippen LogP contribution in [0.3, 0.4) is 0 Å². The lowest BCUT2D eigenvalue weighted by Gasteiger charge is -2.07. The Morgan fingerprint density at radius 1 is 1.60 bits per heavy atom. The van der Waals surface area contributed by atoms with Gasteiger partial charge < -0.3 is 4.74 Å². The lowest BCUT2D eigenvalue weighted by molar-refractivity contribution is 0.352. The van der Waals surface area contributed by atoms with Crippen LogP contribution in [0.1, 0.15) is 12.5 Å². The second kappa shape index (κ2) is 5.65. The monoisotopic (exact) mass is 241 g/mol. The van der Waals surface area contributed by atoms with Gasteiger partial charge in [0.2, 0.25) is 0 Å². The molecule has 0 aliphatic rings. The van der Waals surface area contributed by atoms with Gasteiger partial charge in [0.25, 0.3) is 0 Å². The first-order valence-electron chi connectivity index (χ1n) is 4.25. The first-order chi connectivity index (χ1) is 7.17. The predicted octanol–water partition coefficient (Wildman–Crippen LogP) is 3.73. The van der Waals surface area contributed by atoms with E-state index in [4.69, 9.17) is 33.2 Å². The van der Waals surface area contributed by atoms with E-state index in [1.807, 2.05) is 13.0 Å². The van der Waals surface area contributed by atoms with Gasteiger partial charge in [-0.15, -0.1) is 0 Å². The zero-order chi connectivity index (χ0) is 11.3. The Morgan fingerprint density at radius 2 is 2.33 bits per heavy atom. The van der Waals surface area contributed by atoms with Crippen molar-refractivity contribution >= 4 is 23.2 Å². The third-order valence-electron chi connectivity index (χ3n) is 1.70. The number of ether oxygens (including phenoxy) is 1. The Labute approximate surface area is 98.7 Å². The van der Waals surface area contributed by atoms with Gasteiger partial charge in [-0.3, -0.25) is 0 Å². The largest absolute Gasteiger partial charge is 0.488 e. The normalized spacial score (nSPS) is 10.9. The smallest absolute Gasteiger partial charge is 0.138 e. The molecule has 0 bridgehead atoms. The molecule has 0 aliphatic heterocycles. The van der Waals surface area contributed by atoms with Gasteiger partial charge in [-0.2, -0.15) is 5.26 Å². The highest BCUT2D eigenvalue weighted by Crippen LogP contribution is 2.25. The molecule has 0 saturated carbocycles. The Kier molecular flexibility index (Phi) is 4.48. The summed E-state index contributed by atoms with van der Waals surface area (Å²) < 4.78 is 5.39. The van der Waals surface area contributed by atoms with Crippen LogP contribution in [0.25, 0.3) is 0 Å². The molecule has 0 fully saturated rings. The third-order valence-corrected chi connectivity index (χ3v) is 2.37. The zero-order valence-electron chi connectivity index (χ0n) is 8.13. The van der Waals surface area contributed by atoms with Gasteiger partial charge in [0.15, 0.2) is 0 Å². The summed E-state index contributed by atoms with van der Waals surface area (Å²) >= 11 is 11.4. The molecule has 0 unspecified atom stereocenters. The molecular weight excluding hydrogens is 233 g/mol. The lowest BCUT2D eigenvalue weighted by Crippen LogP contribution is -1.98. The molecular formula is C11H9Cl2NO. The van der Waals surface area contributed by atoms with Gasteiger partial charge in [-0.1, -0.05) is 23.2 Å². The highest BCUT2D eigenvalue weighted by atomic mass is 35.5. The molecule has 0 heterocycles. The van der Waals surface area contributed by atoms with Crippen LogP contribution >= 0.6 is 23.2 Å². The summed E-state index contributed by atoms with van der Waals surface area (Å²) in [7, 11) is 0. The maximum absolute atomic E-state index is 8.63. The average Bonchev–Trinajstić information content (AvgIpc) is 2.26. The molecule has 0 radical (unpaired) electrons. The Bertz CT molecular complexity index is 421. The fourth-order valence-electron chi connectivity index (χ4n) is 0.911. The number of nitriles is 1. The van der Waals surface area contributed by atoms with Gasteiger partial charge in [-0.25, -0.2) is 0 Å². The molecule has 4 heteroatoms. The number of halogens is 2. The summed E-state index contributed by atoms with van der Waals surface area (Å²) in [4.78, 5) is 0. The van der Waals surface area contributed by atoms with Crippen molar-refractivity contribution in [3.63, 3.8) is 0 Å². The fourth-order valence-corrected chi connectivity index (χ4v) is 1.21. The van der Waals surface area contributed by atoms with Crippen LogP contribution in [0.5, 0.6) is 5.75 Å². The second-order valence-corrected chi connectivity index (χ2v) is 3.63. The number of rotatable bonds is 3. The number of nitrogens with zero attached hydrogens (tertiary/aromatic N) is 1. The number of benzene rings is 1. The molecule has 0 saturated heterocycles. The predicted molar refractivity (Wildman–Crippen MR) is 61.3 cm³/mol. The minimum absolute atomic E-state index is 0.384. The van der Waals surface area contributed by atoms with E-state index in [0.29, 0.717) is 22.9 Å². The minimum atomic E-state index is 0.384. The van der Waals surface area contributed by atoms with Crippen LogP contribution in [-0.2, 0) is 0 Å². The van der Waals surface area contributed by atoms with Crippen molar-refractivity contribution in [2.75, 3.05) is 6.61 Å². The van der Waals surface area contributed by atoms with E-state index in [0.717, 1.165) is 5.57 Å². The van der Waals surface area contributed by atoms with Gasteiger partial charge in [0, 0.05) is 5.54 Å². The molecule has 0 aromatic heterocycles. The summed E-state index contributed by atoms with van der Waals surface area (Å²) in [5.74, 6) is 0.550. The first kappa shape index (κ1) is 11.9. The molecule has 0 aliphatic carbocycles. The Hall–Kier alpha value is -1.17. The van der Waals surface area contributed by atoms with Crippen LogP contribution in [-0.4, -0.2) is 6.61 Å². The van der Waals surface area contributed by atoms with Crippen LogP contribution in [0, 0.1) is 11.3 Å². The van der Waals surface area contributed by atoms with Crippen molar-refractivity contribution in [3.8, 4) is 11.8 Å². The molecule has 0 atom stereocenters. The van der Waals surface area contributed by atoms with E-state index in [1.165, 1.54) is 5.54 Å². The van der Waals surface area contributed by atoms with E-state index in [-0.39, 0.29) is 0 Å². The van der Waals surface area contributed by atoms with Crippen LogP contribution < -0.4 is 4.74 Å². The van der Waals surface area contributed by atoms with Crippen LogP contribution in [0.15, 0.2) is 29.3 Å². The van der Waals surface area contributed by atoms with E-state index >= 15 is 0 Å². The quantitative estimate of drug-likeness (QED) is 0.808. The van der Waals surface area contributed by atoms with Crippen molar-refractivity contribution in [3.05, 3.63) is 39.9 Å². The molecule has 1 aromatic rings. The van der Waals surface area contributed by atoms with Crippen molar-refractivity contribution in [2.45, 2.75) is 6.92 Å². The lowest BCUT2D eigenvalue weighted by atomic mass is 10.2. The van der Waals surface area contributed by atoms with Gasteiger partial charge in [0.05, 0.1) is 16.7 Å². The fraction of sp³-hybridized carbons (Fsp3) is 0.182. The molecule has 0 spiro atoms. The Balaban J connectivity index is 2.75. The second-order valence-electron chi connectivity index (χ2n) is 3.00. The van der Waals surface area contributed by atoms with E-state index in [2.05, 4.69) is 0 Å². The molecule has 15 heavy (non-hydrogen) atoms. The highest BCUT2D eigenvalue weighted by Gasteiger charge is 2.02. The first-order valence-corrected chi connectivity index (χ1v) is 5.07. The van der Waals surface area contributed by atoms with Gasteiger partial charge >= 0.3 is 0 Å². The maximum atomic E-state index is 8.63. The van der Waals surface area contributed by atoms with Gasteiger partial charge in [-0.05, 0) is 30.7 Å². The summed E-state index contributed by atoms with van der Waals surface area (Å²) in [6.07, 6.45) is 0. The zero-order valence-corrected chi connectivity index (χ0v) is 9.64. The minimum Gasteiger partial charge on any atom is -0.488 e. The SMILES string of the molecule is C/C(=C/Cl)COc1ccc(C#N)cc1Cl. The molecule has 0 N–H and O–H groups in total. The van der Waals surface area contributed by atoms with Crippen molar-refractivity contribution in [1.29, 1.82) is 5.26 Å². The average molecular weight is 242 g/mol. The highest BCUT2D eigenvalue weighted by molar-refractivity contribution is 6.32. The van der Waals surface area contributed by atoms with E-state index in [9.17, 15) is 0 Å². The topological polar surface area (TPSA) is 33.0 Å². The van der Waals surface area contributed by atoms with Crippen molar-refractivity contribution in [1.82, 2.24) is 0 Å². The molecule has 78 valence electrons. The summed E-state index contributed by atoms with van der Waals surface area (Å²) in [5, 5.41) is 9.06. The molecule has 0 amide bonds. The Morgan fingerprint density at radius 3 is 2.87 bits per heavy atom. The number of hydrogen-bond acceptors (Lipinski definition) is 2. The van der Waals surface area contributed by atoms with Crippen molar-refractivity contribution < 1.29 is 4.74 Å². The van der Waals surface area contributed by atoms with Gasteiger partial charge in [0.1, 0.15) is 12.4 Å². The maximum Gasteiger partial charge on any atom is 0.138 e. The van der Waals surface area contributed by atoms with E-state index < -0.39 is 0 Å². The molecule has 1 aromatic carbocycles. The van der Waals surface area contributed by atoms with E-state index in [1.54, 1.807) is 18.2 Å². The molecule has 2 nitrogen and oxygen atoms in total. The van der Waals surface area contributed by atoms with Crippen LogP contribution in [0.2, 0.25) is 5.02 Å². The molecule has 1 rings (SSSR count). The van der Waals surface area contributed by atoms with Crippen molar-refractivity contribution in [2.24, 2.45) is 0 Å². The summed E-state index contributed by atoms with van der Waals surface area (Å²) in [5.41, 5.74) is 2.87. The van der Waals surface area contributed by atoms with Crippen LogP contribution in [0.4, 0.5) is 0 Å². The number of hydrogen-bond donors (Lipinski definition) is 0. The summed E-state index contributed by atoms with van der Waals surface area (Å²) in [6.45, 7) is 2.24.